The smallest absolute Gasteiger partial charge is 0.341 e. The van der Waals surface area contributed by atoms with Gasteiger partial charge in [-0.25, -0.2) is 4.79 Å². The first-order chi connectivity index (χ1) is 13.5. The Bertz CT molecular complexity index is 885. The van der Waals surface area contributed by atoms with E-state index in [1.807, 2.05) is 6.92 Å². The van der Waals surface area contributed by atoms with E-state index in [4.69, 9.17) is 9.47 Å². The van der Waals surface area contributed by atoms with Crippen LogP contribution in [-0.2, 0) is 22.4 Å². The molecule has 0 saturated carbocycles. The van der Waals surface area contributed by atoms with Crippen LogP contribution in [0.5, 0.6) is 5.75 Å². The van der Waals surface area contributed by atoms with Crippen LogP contribution < -0.4 is 10.1 Å². The van der Waals surface area contributed by atoms with Crippen molar-refractivity contribution in [3.05, 3.63) is 45.8 Å². The number of ether oxygens (including phenoxy) is 2. The van der Waals surface area contributed by atoms with Crippen LogP contribution in [0.1, 0.15) is 57.3 Å². The average Bonchev–Trinajstić information content (AvgIpc) is 3.09. The van der Waals surface area contributed by atoms with Gasteiger partial charge in [0.15, 0.2) is 12.4 Å². The molecule has 6 nitrogen and oxygen atoms in total. The average molecular weight is 401 g/mol. The van der Waals surface area contributed by atoms with Gasteiger partial charge in [0.2, 0.25) is 0 Å². The number of aryl methyl sites for hydroxylation is 1. The van der Waals surface area contributed by atoms with Crippen molar-refractivity contribution < 1.29 is 23.9 Å². The van der Waals surface area contributed by atoms with Gasteiger partial charge in [-0.1, -0.05) is 6.92 Å². The van der Waals surface area contributed by atoms with E-state index in [1.54, 1.807) is 24.3 Å². The molecule has 0 spiro atoms. The number of ketones is 1. The molecule has 1 aromatic heterocycles. The van der Waals surface area contributed by atoms with Crippen LogP contribution in [0.4, 0.5) is 5.00 Å². The lowest BCUT2D eigenvalue weighted by atomic mass is 9.95. The maximum atomic E-state index is 12.3. The van der Waals surface area contributed by atoms with Crippen LogP contribution in [0.25, 0.3) is 0 Å². The van der Waals surface area contributed by atoms with Crippen molar-refractivity contribution >= 4 is 34.0 Å². The highest BCUT2D eigenvalue weighted by Gasteiger charge is 2.26. The number of esters is 1. The predicted molar refractivity (Wildman–Crippen MR) is 107 cm³/mol. The fourth-order valence-corrected chi connectivity index (χ4v) is 4.52. The summed E-state index contributed by atoms with van der Waals surface area (Å²) in [4.78, 5) is 37.3. The first kappa shape index (κ1) is 20.1. The molecule has 28 heavy (non-hydrogen) atoms. The summed E-state index contributed by atoms with van der Waals surface area (Å²) in [5.74, 6) is -0.216. The molecular weight excluding hydrogens is 378 g/mol. The SMILES string of the molecule is CCC(=O)c1ccc(OCC(=O)Nc2sc3c(c2C(=O)OC)CCCC3)cc1. The molecular formula is C21H23NO5S. The highest BCUT2D eigenvalue weighted by Crippen LogP contribution is 2.38. The van der Waals surface area contributed by atoms with Gasteiger partial charge in [-0.05, 0) is 55.5 Å². The zero-order valence-corrected chi connectivity index (χ0v) is 16.8. The highest BCUT2D eigenvalue weighted by molar-refractivity contribution is 7.17. The zero-order chi connectivity index (χ0) is 20.1. The molecule has 1 aliphatic carbocycles. The number of carbonyl (C=O) groups is 3. The van der Waals surface area contributed by atoms with E-state index in [0.717, 1.165) is 36.1 Å². The van der Waals surface area contributed by atoms with Gasteiger partial charge in [-0.15, -0.1) is 11.3 Å². The summed E-state index contributed by atoms with van der Waals surface area (Å²) >= 11 is 1.44. The number of amides is 1. The summed E-state index contributed by atoms with van der Waals surface area (Å²) in [6.45, 7) is 1.62. The Balaban J connectivity index is 1.66. The van der Waals surface area contributed by atoms with Gasteiger partial charge in [0.05, 0.1) is 12.7 Å². The molecule has 0 saturated heterocycles. The van der Waals surface area contributed by atoms with Crippen LogP contribution in [0, 0.1) is 0 Å². The highest BCUT2D eigenvalue weighted by atomic mass is 32.1. The second-order valence-electron chi connectivity index (χ2n) is 6.54. The molecule has 1 N–H and O–H groups in total. The van der Waals surface area contributed by atoms with E-state index < -0.39 is 5.97 Å². The monoisotopic (exact) mass is 401 g/mol. The van der Waals surface area contributed by atoms with E-state index in [0.29, 0.717) is 28.3 Å². The van der Waals surface area contributed by atoms with Crippen molar-refractivity contribution in [2.75, 3.05) is 19.0 Å². The van der Waals surface area contributed by atoms with Gasteiger partial charge in [-0.3, -0.25) is 9.59 Å². The Kier molecular flexibility index (Phi) is 6.46. The largest absolute Gasteiger partial charge is 0.484 e. The van der Waals surface area contributed by atoms with E-state index in [2.05, 4.69) is 5.32 Å². The first-order valence-corrected chi connectivity index (χ1v) is 10.1. The van der Waals surface area contributed by atoms with Crippen LogP contribution in [0.3, 0.4) is 0 Å². The number of anilines is 1. The zero-order valence-electron chi connectivity index (χ0n) is 16.0. The third kappa shape index (κ3) is 4.42. The Hall–Kier alpha value is -2.67. The molecule has 1 heterocycles. The quantitative estimate of drug-likeness (QED) is 0.560. The van der Waals surface area contributed by atoms with E-state index in [-0.39, 0.29) is 18.3 Å². The van der Waals surface area contributed by atoms with Gasteiger partial charge < -0.3 is 14.8 Å². The molecule has 7 heteroatoms. The number of rotatable bonds is 7. The molecule has 0 atom stereocenters. The third-order valence-corrected chi connectivity index (χ3v) is 5.89. The van der Waals surface area contributed by atoms with Gasteiger partial charge >= 0.3 is 5.97 Å². The predicted octanol–water partition coefficient (Wildman–Crippen LogP) is 4.02. The molecule has 148 valence electrons. The first-order valence-electron chi connectivity index (χ1n) is 9.32. The molecule has 1 aromatic carbocycles. The second kappa shape index (κ2) is 9.01. The normalized spacial score (nSPS) is 12.8. The molecule has 0 radical (unpaired) electrons. The Labute approximate surface area is 167 Å². The molecule has 0 aliphatic heterocycles. The summed E-state index contributed by atoms with van der Waals surface area (Å²) in [7, 11) is 1.34. The van der Waals surface area contributed by atoms with Crippen molar-refractivity contribution in [2.45, 2.75) is 39.0 Å². The summed E-state index contributed by atoms with van der Waals surface area (Å²) in [5.41, 5.74) is 2.08. The van der Waals surface area contributed by atoms with Gasteiger partial charge in [-0.2, -0.15) is 0 Å². The van der Waals surface area contributed by atoms with Gasteiger partial charge in [0.1, 0.15) is 10.8 Å². The molecule has 0 unspecified atom stereocenters. The van der Waals surface area contributed by atoms with Crippen LogP contribution in [0.2, 0.25) is 0 Å². The standard InChI is InChI=1S/C21H23NO5S/c1-3-16(23)13-8-10-14(11-9-13)27-12-18(24)22-20-19(21(25)26-2)15-6-4-5-7-17(15)28-20/h8-11H,3-7,12H2,1-2H3,(H,22,24). The topological polar surface area (TPSA) is 81.7 Å². The maximum Gasteiger partial charge on any atom is 0.341 e. The van der Waals surface area contributed by atoms with Gasteiger partial charge in [0, 0.05) is 16.9 Å². The Morgan fingerprint density at radius 3 is 2.50 bits per heavy atom. The fraction of sp³-hybridized carbons (Fsp3) is 0.381. The second-order valence-corrected chi connectivity index (χ2v) is 7.65. The van der Waals surface area contributed by atoms with Crippen molar-refractivity contribution in [3.63, 3.8) is 0 Å². The molecule has 1 amide bonds. The van der Waals surface area contributed by atoms with Crippen molar-refractivity contribution in [1.29, 1.82) is 0 Å². The van der Waals surface area contributed by atoms with Crippen LogP contribution in [-0.4, -0.2) is 31.4 Å². The maximum absolute atomic E-state index is 12.3. The molecule has 0 fully saturated rings. The lowest BCUT2D eigenvalue weighted by Crippen LogP contribution is -2.21. The van der Waals surface area contributed by atoms with Crippen molar-refractivity contribution in [1.82, 2.24) is 0 Å². The minimum atomic E-state index is -0.424. The van der Waals surface area contributed by atoms with E-state index in [9.17, 15) is 14.4 Å². The molecule has 1 aliphatic rings. The van der Waals surface area contributed by atoms with E-state index >= 15 is 0 Å². The number of hydrogen-bond acceptors (Lipinski definition) is 6. The Morgan fingerprint density at radius 1 is 1.11 bits per heavy atom. The summed E-state index contributed by atoms with van der Waals surface area (Å²) in [5, 5.41) is 3.32. The Morgan fingerprint density at radius 2 is 1.82 bits per heavy atom. The van der Waals surface area contributed by atoms with Crippen molar-refractivity contribution in [2.24, 2.45) is 0 Å². The lowest BCUT2D eigenvalue weighted by molar-refractivity contribution is -0.118. The molecule has 3 rings (SSSR count). The van der Waals surface area contributed by atoms with E-state index in [1.165, 1.54) is 18.4 Å². The van der Waals surface area contributed by atoms with Gasteiger partial charge in [0.25, 0.3) is 5.91 Å². The summed E-state index contributed by atoms with van der Waals surface area (Å²) in [6, 6.07) is 6.70. The minimum absolute atomic E-state index is 0.0568. The molecule has 2 aromatic rings. The number of methoxy groups -OCH3 is 1. The molecule has 0 bridgehead atoms. The number of thiophene rings is 1. The lowest BCUT2D eigenvalue weighted by Gasteiger charge is -2.12. The fourth-order valence-electron chi connectivity index (χ4n) is 3.22. The number of hydrogen-bond donors (Lipinski definition) is 1. The number of fused-ring (bicyclic) bond motifs is 1. The van der Waals surface area contributed by atoms with Crippen molar-refractivity contribution in [3.8, 4) is 5.75 Å². The number of Topliss-reactive ketones (excluding diaryl/α,β-unsaturated/α-hetero) is 1. The summed E-state index contributed by atoms with van der Waals surface area (Å²) < 4.78 is 10.4. The number of carbonyl (C=O) groups excluding carboxylic acids is 3. The van der Waals surface area contributed by atoms with Crippen LogP contribution >= 0.6 is 11.3 Å². The minimum Gasteiger partial charge on any atom is -0.484 e. The number of nitrogens with one attached hydrogen (secondary N) is 1. The number of benzene rings is 1. The third-order valence-electron chi connectivity index (χ3n) is 4.68. The van der Waals surface area contributed by atoms with Crippen LogP contribution in [0.15, 0.2) is 24.3 Å². The summed E-state index contributed by atoms with van der Waals surface area (Å²) in [6.07, 6.45) is 4.29.